The van der Waals surface area contributed by atoms with Crippen LogP contribution in [0.5, 0.6) is 0 Å². The van der Waals surface area contributed by atoms with E-state index < -0.39 is 198 Å². The summed E-state index contributed by atoms with van der Waals surface area (Å²) in [5, 5.41) is -4.47. The summed E-state index contributed by atoms with van der Waals surface area (Å²) in [7, 11) is 0. The van der Waals surface area contributed by atoms with Crippen molar-refractivity contribution in [2.24, 2.45) is 0 Å². The lowest BCUT2D eigenvalue weighted by Crippen LogP contribution is -1.90. The predicted octanol–water partition coefficient (Wildman–Crippen LogP) is 9.63. The van der Waals surface area contributed by atoms with E-state index in [0.29, 0.717) is 0 Å². The maximum absolute atomic E-state index is 9.49. The van der Waals surface area contributed by atoms with Crippen molar-refractivity contribution in [3.8, 4) is 22.3 Å². The first-order valence-corrected chi connectivity index (χ1v) is 10.0. The van der Waals surface area contributed by atoms with Gasteiger partial charge in [-0.3, -0.25) is 0 Å². The van der Waals surface area contributed by atoms with Crippen molar-refractivity contribution in [1.29, 1.82) is 0 Å². The summed E-state index contributed by atoms with van der Waals surface area (Å²) < 4.78 is 192. The number of hydrogen-bond donors (Lipinski definition) is 0. The molecule has 0 amide bonds. The SMILES string of the molecule is [2H]c1c([2H])c([2H])c(-c2c3c([2H])c([2H])c([2H])c([2H])c3c(-c3c([2H])c([2H])c4c(c3[2H])c([2H])c([2H])c3c([2H])c([2H])c([2H])c([2H])c34)c3c([2H])c([2H])c([2H])c([2H])c23)c([2H])c1[2H]. The number of benzene rings is 7. The summed E-state index contributed by atoms with van der Waals surface area (Å²) in [6.45, 7) is 0. The molecule has 0 bridgehead atoms. The van der Waals surface area contributed by atoms with E-state index in [4.69, 9.17) is 26.0 Å². The Bertz CT molecular complexity index is 2930. The van der Waals surface area contributed by atoms with Crippen LogP contribution in [-0.2, 0) is 0 Å². The fourth-order valence-electron chi connectivity index (χ4n) is 4.03. The van der Waals surface area contributed by atoms with Gasteiger partial charge in [0.1, 0.15) is 0 Å². The molecule has 0 nitrogen and oxygen atoms in total. The minimum absolute atomic E-state index is 0.444. The maximum atomic E-state index is 9.49. The Labute approximate surface area is 229 Å². The molecule has 0 N–H and O–H groups in total. The molecule has 0 heteroatoms. The zero-order valence-corrected chi connectivity index (χ0v) is 17.0. The summed E-state index contributed by atoms with van der Waals surface area (Å²) in [6, 6.07) is -18.7. The van der Waals surface area contributed by atoms with Crippen LogP contribution in [0.3, 0.4) is 0 Å². The second-order valence-electron chi connectivity index (χ2n) is 7.25. The van der Waals surface area contributed by atoms with Crippen molar-refractivity contribution in [1.82, 2.24) is 0 Å². The molecule has 0 spiro atoms. The Morgan fingerprint density at radius 1 is 0.324 bits per heavy atom. The van der Waals surface area contributed by atoms with Gasteiger partial charge in [-0.05, 0) is 71.4 Å². The molecule has 0 unspecified atom stereocenters. The van der Waals surface area contributed by atoms with Gasteiger partial charge in [-0.15, -0.1) is 0 Å². The Hall–Kier alpha value is -4.42. The van der Waals surface area contributed by atoms with Crippen molar-refractivity contribution < 1.29 is 30.2 Å². The lowest BCUT2D eigenvalue weighted by Gasteiger charge is -2.18. The Morgan fingerprint density at radius 2 is 0.794 bits per heavy atom. The van der Waals surface area contributed by atoms with E-state index in [1.54, 1.807) is 0 Å². The third kappa shape index (κ3) is 2.86. The van der Waals surface area contributed by atoms with Crippen molar-refractivity contribution in [3.63, 3.8) is 0 Å². The van der Waals surface area contributed by atoms with Gasteiger partial charge in [0.15, 0.2) is 0 Å². The molecular weight excluding hydrogens is 408 g/mol. The Morgan fingerprint density at radius 3 is 1.44 bits per heavy atom. The molecule has 0 saturated carbocycles. The molecule has 0 aliphatic rings. The molecule has 0 atom stereocenters. The van der Waals surface area contributed by atoms with Crippen LogP contribution in [0.4, 0.5) is 0 Å². The first-order chi connectivity index (χ1) is 26.0. The maximum Gasteiger partial charge on any atom is 0.0636 e. The molecule has 0 fully saturated rings. The van der Waals surface area contributed by atoms with Crippen LogP contribution in [0.25, 0.3) is 65.3 Å². The summed E-state index contributed by atoms with van der Waals surface area (Å²) >= 11 is 0. The Kier molecular flexibility index (Phi) is 1.62. The molecule has 0 aliphatic carbocycles. The molecule has 7 aromatic carbocycles. The summed E-state index contributed by atoms with van der Waals surface area (Å²) in [5.41, 5.74) is -2.63. The van der Waals surface area contributed by atoms with E-state index in [1.807, 2.05) is 0 Å². The van der Waals surface area contributed by atoms with Crippen molar-refractivity contribution >= 4 is 43.1 Å². The third-order valence-corrected chi connectivity index (χ3v) is 5.44. The van der Waals surface area contributed by atoms with Crippen LogP contribution >= 0.6 is 0 Å². The first-order valence-electron chi connectivity index (χ1n) is 21.0. The average molecular weight is 453 g/mol. The highest BCUT2D eigenvalue weighted by molar-refractivity contribution is 6.22. The zero-order valence-electron chi connectivity index (χ0n) is 39.0. The molecule has 0 aromatic heterocycles. The first kappa shape index (κ1) is 7.29. The van der Waals surface area contributed by atoms with Crippen LogP contribution in [0.1, 0.15) is 30.2 Å². The van der Waals surface area contributed by atoms with Crippen molar-refractivity contribution in [3.05, 3.63) is 133 Å². The summed E-state index contributed by atoms with van der Waals surface area (Å²) in [6.07, 6.45) is 0. The van der Waals surface area contributed by atoms with Crippen LogP contribution in [0.15, 0.2) is 133 Å². The molecule has 0 aliphatic heterocycles. The van der Waals surface area contributed by atoms with Crippen molar-refractivity contribution in [2.75, 3.05) is 0 Å². The highest BCUT2D eigenvalue weighted by atomic mass is 14.2. The lowest BCUT2D eigenvalue weighted by atomic mass is 9.85. The fourth-order valence-corrected chi connectivity index (χ4v) is 4.03. The van der Waals surface area contributed by atoms with E-state index >= 15 is 0 Å². The molecular formula is C34H22. The van der Waals surface area contributed by atoms with E-state index in [0.717, 1.165) is 0 Å². The number of rotatable bonds is 2. The molecule has 0 heterocycles. The van der Waals surface area contributed by atoms with Crippen LogP contribution in [-0.4, -0.2) is 0 Å². The molecule has 158 valence electrons. The topological polar surface area (TPSA) is 0 Å². The van der Waals surface area contributed by atoms with E-state index in [1.165, 1.54) is 0 Å². The molecule has 0 radical (unpaired) electrons. The Balaban J connectivity index is 1.91. The van der Waals surface area contributed by atoms with Gasteiger partial charge in [-0.25, -0.2) is 0 Å². The normalized spacial score (nSPS) is 20.6. The summed E-state index contributed by atoms with van der Waals surface area (Å²) in [5.74, 6) is 0. The minimum atomic E-state index is -0.925. The highest BCUT2D eigenvalue weighted by Crippen LogP contribution is 2.44. The molecule has 34 heavy (non-hydrogen) atoms. The summed E-state index contributed by atoms with van der Waals surface area (Å²) in [4.78, 5) is 0. The molecule has 0 saturated heterocycles. The van der Waals surface area contributed by atoms with E-state index in [2.05, 4.69) is 0 Å². The molecule has 7 aromatic rings. The zero-order chi connectivity index (χ0) is 41.6. The smallest absolute Gasteiger partial charge is 0.0622 e. The highest BCUT2D eigenvalue weighted by Gasteiger charge is 2.16. The third-order valence-electron chi connectivity index (χ3n) is 5.44. The lowest BCUT2D eigenvalue weighted by molar-refractivity contribution is 1.66. The van der Waals surface area contributed by atoms with Gasteiger partial charge in [-0.1, -0.05) is 127 Å². The predicted molar refractivity (Wildman–Crippen MR) is 147 cm³/mol. The van der Waals surface area contributed by atoms with Gasteiger partial charge in [0, 0.05) is 0 Å². The number of fused-ring (bicyclic) bond motifs is 5. The standard InChI is InChI=1S/C34H22/c1-2-11-24(12-3-1)33-29-14-6-8-16-31(29)34(32-17-9-7-15-30(32)33)26-20-21-28-25(22-26)19-18-23-10-4-5-13-27(23)28/h1-22H/i1D,2D,3D,4D,5D,6D,7D,8D,9D,10D,11D,12D,13D,14D,15D,16D,17D,18D,19D,20D,21D,22D. The fraction of sp³-hybridized carbons (Fsp3) is 0. The van der Waals surface area contributed by atoms with Gasteiger partial charge in [0.05, 0.1) is 30.2 Å². The van der Waals surface area contributed by atoms with Crippen molar-refractivity contribution in [2.45, 2.75) is 0 Å². The average Bonchev–Trinajstić information content (AvgIpc) is 3.17. The monoisotopic (exact) mass is 452 g/mol. The van der Waals surface area contributed by atoms with Gasteiger partial charge in [-0.2, -0.15) is 0 Å². The van der Waals surface area contributed by atoms with Crippen LogP contribution < -0.4 is 0 Å². The van der Waals surface area contributed by atoms with Gasteiger partial charge in [0.2, 0.25) is 0 Å². The second-order valence-corrected chi connectivity index (χ2v) is 7.25. The van der Waals surface area contributed by atoms with Gasteiger partial charge >= 0.3 is 0 Å². The number of hydrogen-bond acceptors (Lipinski definition) is 0. The molecule has 7 rings (SSSR count). The quantitative estimate of drug-likeness (QED) is 0.181. The largest absolute Gasteiger partial charge is 0.0636 e. The van der Waals surface area contributed by atoms with Gasteiger partial charge in [0.25, 0.3) is 0 Å². The van der Waals surface area contributed by atoms with E-state index in [9.17, 15) is 4.11 Å². The van der Waals surface area contributed by atoms with Crippen LogP contribution in [0.2, 0.25) is 0 Å². The van der Waals surface area contributed by atoms with Crippen LogP contribution in [0, 0.1) is 0 Å². The van der Waals surface area contributed by atoms with Gasteiger partial charge < -0.3 is 0 Å². The minimum Gasteiger partial charge on any atom is -0.0622 e. The second kappa shape index (κ2) is 7.57. The van der Waals surface area contributed by atoms with E-state index in [-0.39, 0.29) is 0 Å².